The fourth-order valence-corrected chi connectivity index (χ4v) is 2.38. The Kier molecular flexibility index (Phi) is 4.04. The van der Waals surface area contributed by atoms with E-state index in [9.17, 15) is 5.11 Å². The van der Waals surface area contributed by atoms with Gasteiger partial charge in [-0.05, 0) is 11.6 Å². The molecule has 1 atom stereocenters. The summed E-state index contributed by atoms with van der Waals surface area (Å²) in [6, 6.07) is 7.84. The Morgan fingerprint density at radius 1 is 1.44 bits per heavy atom. The number of hydrogen-bond acceptors (Lipinski definition) is 3. The molecule has 2 aromatic rings. The van der Waals surface area contributed by atoms with E-state index < -0.39 is 6.10 Å². The van der Waals surface area contributed by atoms with Gasteiger partial charge in [0, 0.05) is 17.9 Å². The molecule has 1 N–H and O–H groups in total. The van der Waals surface area contributed by atoms with Crippen LogP contribution in [0.3, 0.4) is 0 Å². The highest BCUT2D eigenvalue weighted by Gasteiger charge is 2.19. The van der Waals surface area contributed by atoms with Crippen LogP contribution in [0, 0.1) is 0 Å². The van der Waals surface area contributed by atoms with Crippen molar-refractivity contribution in [1.82, 2.24) is 9.78 Å². The molecule has 0 saturated carbocycles. The third-order valence-corrected chi connectivity index (χ3v) is 3.63. The molecule has 96 valence electrons. The summed E-state index contributed by atoms with van der Waals surface area (Å²) in [4.78, 5) is 0. The molecule has 0 aliphatic heterocycles. The molecule has 0 amide bonds. The summed E-state index contributed by atoms with van der Waals surface area (Å²) in [6.45, 7) is 0. The van der Waals surface area contributed by atoms with Gasteiger partial charge >= 0.3 is 0 Å². The number of aromatic nitrogens is 2. The van der Waals surface area contributed by atoms with Crippen molar-refractivity contribution in [2.45, 2.75) is 12.5 Å². The highest BCUT2D eigenvalue weighted by atomic mass is 79.9. The lowest BCUT2D eigenvalue weighted by atomic mass is 10.1. The fraction of sp³-hybridized carbons (Fsp3) is 0.308. The lowest BCUT2D eigenvalue weighted by molar-refractivity contribution is 0.164. The first kappa shape index (κ1) is 13.1. The Labute approximate surface area is 114 Å². The number of methoxy groups -OCH3 is 1. The molecule has 0 bridgehead atoms. The molecule has 0 aliphatic carbocycles. The van der Waals surface area contributed by atoms with Crippen LogP contribution < -0.4 is 4.74 Å². The minimum atomic E-state index is -0.647. The van der Waals surface area contributed by atoms with Crippen molar-refractivity contribution in [1.29, 1.82) is 0 Å². The summed E-state index contributed by atoms with van der Waals surface area (Å²) >= 11 is 3.48. The SMILES string of the molecule is COc1cnn(C)c1C(O)Cc1ccccc1Br. The Morgan fingerprint density at radius 2 is 2.17 bits per heavy atom. The van der Waals surface area contributed by atoms with Crippen LogP contribution in [-0.2, 0) is 13.5 Å². The molecule has 1 aromatic carbocycles. The Balaban J connectivity index is 2.24. The maximum atomic E-state index is 10.3. The zero-order valence-corrected chi connectivity index (χ0v) is 11.9. The molecule has 0 radical (unpaired) electrons. The van der Waals surface area contributed by atoms with Crippen LogP contribution in [0.25, 0.3) is 0 Å². The van der Waals surface area contributed by atoms with Crippen LogP contribution in [0.15, 0.2) is 34.9 Å². The van der Waals surface area contributed by atoms with E-state index in [0.717, 1.165) is 10.0 Å². The Morgan fingerprint density at radius 3 is 2.83 bits per heavy atom. The Hall–Kier alpha value is -1.33. The minimum absolute atomic E-state index is 0.511. The van der Waals surface area contributed by atoms with Crippen molar-refractivity contribution < 1.29 is 9.84 Å². The molecule has 0 fully saturated rings. The number of ether oxygens (including phenoxy) is 1. The fourth-order valence-electron chi connectivity index (χ4n) is 1.93. The van der Waals surface area contributed by atoms with E-state index >= 15 is 0 Å². The molecule has 18 heavy (non-hydrogen) atoms. The quantitative estimate of drug-likeness (QED) is 0.943. The number of benzene rings is 1. The minimum Gasteiger partial charge on any atom is -0.493 e. The lowest BCUT2D eigenvalue weighted by Gasteiger charge is -2.14. The van der Waals surface area contributed by atoms with Gasteiger partial charge in [0.2, 0.25) is 0 Å². The number of aliphatic hydroxyl groups is 1. The zero-order chi connectivity index (χ0) is 13.1. The molecule has 1 unspecified atom stereocenters. The van der Waals surface area contributed by atoms with E-state index in [0.29, 0.717) is 17.9 Å². The topological polar surface area (TPSA) is 47.3 Å². The van der Waals surface area contributed by atoms with Gasteiger partial charge < -0.3 is 9.84 Å². The first-order valence-electron chi connectivity index (χ1n) is 5.61. The van der Waals surface area contributed by atoms with Gasteiger partial charge in [-0.15, -0.1) is 0 Å². The zero-order valence-electron chi connectivity index (χ0n) is 10.3. The summed E-state index contributed by atoms with van der Waals surface area (Å²) in [5, 5.41) is 14.4. The third kappa shape index (κ3) is 2.57. The monoisotopic (exact) mass is 310 g/mol. The van der Waals surface area contributed by atoms with Gasteiger partial charge in [0.15, 0.2) is 5.75 Å². The number of aryl methyl sites for hydroxylation is 1. The van der Waals surface area contributed by atoms with Crippen LogP contribution in [0.4, 0.5) is 0 Å². The number of hydrogen-bond donors (Lipinski definition) is 1. The third-order valence-electron chi connectivity index (χ3n) is 2.86. The molecule has 0 saturated heterocycles. The average molecular weight is 311 g/mol. The smallest absolute Gasteiger partial charge is 0.162 e. The van der Waals surface area contributed by atoms with Crippen LogP contribution in [0.5, 0.6) is 5.75 Å². The van der Waals surface area contributed by atoms with Crippen LogP contribution in [0.2, 0.25) is 0 Å². The van der Waals surface area contributed by atoms with Crippen LogP contribution in [-0.4, -0.2) is 22.0 Å². The van der Waals surface area contributed by atoms with Gasteiger partial charge in [0.1, 0.15) is 11.8 Å². The summed E-state index contributed by atoms with van der Waals surface area (Å²) in [7, 11) is 3.37. The Bertz CT molecular complexity index is 540. The largest absolute Gasteiger partial charge is 0.493 e. The summed E-state index contributed by atoms with van der Waals surface area (Å²) in [5.41, 5.74) is 1.74. The second kappa shape index (κ2) is 5.54. The highest BCUT2D eigenvalue weighted by Crippen LogP contribution is 2.28. The number of nitrogens with zero attached hydrogens (tertiary/aromatic N) is 2. The van der Waals surface area contributed by atoms with Crippen molar-refractivity contribution in [2.24, 2.45) is 7.05 Å². The van der Waals surface area contributed by atoms with Gasteiger partial charge in [0.25, 0.3) is 0 Å². The highest BCUT2D eigenvalue weighted by molar-refractivity contribution is 9.10. The van der Waals surface area contributed by atoms with E-state index in [1.54, 1.807) is 25.0 Å². The number of halogens is 1. The molecule has 0 aliphatic rings. The van der Waals surface area contributed by atoms with Gasteiger partial charge in [0.05, 0.1) is 13.3 Å². The van der Waals surface area contributed by atoms with E-state index in [2.05, 4.69) is 21.0 Å². The predicted octanol–water partition coefficient (Wildman–Crippen LogP) is 2.47. The van der Waals surface area contributed by atoms with E-state index in [4.69, 9.17) is 4.74 Å². The molecule has 1 aromatic heterocycles. The predicted molar refractivity (Wildman–Crippen MR) is 72.6 cm³/mol. The van der Waals surface area contributed by atoms with Crippen molar-refractivity contribution in [3.8, 4) is 5.75 Å². The van der Waals surface area contributed by atoms with E-state index in [1.165, 1.54) is 0 Å². The molecule has 0 spiro atoms. The molecule has 5 heteroatoms. The number of rotatable bonds is 4. The van der Waals surface area contributed by atoms with E-state index in [1.807, 2.05) is 24.3 Å². The molecular weight excluding hydrogens is 296 g/mol. The molecule has 2 rings (SSSR count). The van der Waals surface area contributed by atoms with Crippen molar-refractivity contribution in [3.05, 3.63) is 46.2 Å². The lowest BCUT2D eigenvalue weighted by Crippen LogP contribution is -2.09. The van der Waals surface area contributed by atoms with Crippen molar-refractivity contribution >= 4 is 15.9 Å². The van der Waals surface area contributed by atoms with Crippen molar-refractivity contribution in [3.63, 3.8) is 0 Å². The summed E-state index contributed by atoms with van der Waals surface area (Å²) in [5.74, 6) is 0.608. The molecule has 1 heterocycles. The molecule has 4 nitrogen and oxygen atoms in total. The van der Waals surface area contributed by atoms with Crippen molar-refractivity contribution in [2.75, 3.05) is 7.11 Å². The van der Waals surface area contributed by atoms with Gasteiger partial charge in [-0.3, -0.25) is 4.68 Å². The van der Waals surface area contributed by atoms with Crippen LogP contribution >= 0.6 is 15.9 Å². The maximum absolute atomic E-state index is 10.3. The standard InChI is InChI=1S/C13H15BrN2O2/c1-16-13(12(18-2)8-15-16)11(17)7-9-5-3-4-6-10(9)14/h3-6,8,11,17H,7H2,1-2H3. The normalized spacial score (nSPS) is 12.4. The van der Waals surface area contributed by atoms with Gasteiger partial charge in [-0.25, -0.2) is 0 Å². The second-order valence-electron chi connectivity index (χ2n) is 4.03. The summed E-state index contributed by atoms with van der Waals surface area (Å²) in [6.07, 6.45) is 1.47. The molecular formula is C13H15BrN2O2. The second-order valence-corrected chi connectivity index (χ2v) is 4.89. The first-order chi connectivity index (χ1) is 8.63. The summed E-state index contributed by atoms with van der Waals surface area (Å²) < 4.78 is 7.83. The van der Waals surface area contributed by atoms with Gasteiger partial charge in [-0.1, -0.05) is 34.1 Å². The van der Waals surface area contributed by atoms with Crippen LogP contribution in [0.1, 0.15) is 17.4 Å². The first-order valence-corrected chi connectivity index (χ1v) is 6.40. The maximum Gasteiger partial charge on any atom is 0.162 e. The number of aliphatic hydroxyl groups excluding tert-OH is 1. The van der Waals surface area contributed by atoms with Gasteiger partial charge in [-0.2, -0.15) is 5.10 Å². The van der Waals surface area contributed by atoms with E-state index in [-0.39, 0.29) is 0 Å². The average Bonchev–Trinajstić information content (AvgIpc) is 2.73.